The van der Waals surface area contributed by atoms with E-state index in [1.165, 1.54) is 16.7 Å². The van der Waals surface area contributed by atoms with Gasteiger partial charge in [-0.25, -0.2) is 0 Å². The van der Waals surface area contributed by atoms with Crippen LogP contribution in [-0.2, 0) is 9.59 Å². The molecule has 0 aliphatic carbocycles. The molecule has 1 N–H and O–H groups in total. The lowest BCUT2D eigenvalue weighted by molar-refractivity contribution is -0.118. The number of thioether (sulfide) groups is 1. The van der Waals surface area contributed by atoms with Crippen molar-refractivity contribution in [3.8, 4) is 11.5 Å². The Hall–Kier alpha value is -3.33. The van der Waals surface area contributed by atoms with Crippen LogP contribution in [0.15, 0.2) is 65.6 Å². The minimum Gasteiger partial charge on any atom is -0.490 e. The van der Waals surface area contributed by atoms with Crippen molar-refractivity contribution in [2.24, 2.45) is 0 Å². The summed E-state index contributed by atoms with van der Waals surface area (Å²) in [5.41, 5.74) is 4.10. The lowest BCUT2D eigenvalue weighted by Crippen LogP contribution is -2.27. The number of aryl methyl sites for hydroxylation is 2. The van der Waals surface area contributed by atoms with Crippen LogP contribution in [0.25, 0.3) is 6.08 Å². The molecule has 0 unspecified atom stereocenters. The van der Waals surface area contributed by atoms with Crippen LogP contribution in [0.4, 0.5) is 11.4 Å². The fraction of sp³-hybridized carbons (Fsp3) is 0.179. The Kier molecular flexibility index (Phi) is 8.53. The van der Waals surface area contributed by atoms with E-state index < -0.39 is 0 Å². The van der Waals surface area contributed by atoms with Gasteiger partial charge in [-0.05, 0) is 74.4 Å². The molecule has 1 aliphatic heterocycles. The summed E-state index contributed by atoms with van der Waals surface area (Å²) in [5, 5.41) is 3.37. The first kappa shape index (κ1) is 26.7. The topological polar surface area (TPSA) is 67.9 Å². The Bertz CT molecular complexity index is 1390. The predicted octanol–water partition coefficient (Wildman–Crippen LogP) is 6.78. The van der Waals surface area contributed by atoms with Crippen LogP contribution in [0.2, 0.25) is 5.02 Å². The van der Waals surface area contributed by atoms with Crippen molar-refractivity contribution in [2.75, 3.05) is 23.4 Å². The normalized spacial score (nSPS) is 14.3. The van der Waals surface area contributed by atoms with E-state index in [2.05, 4.69) is 5.32 Å². The van der Waals surface area contributed by atoms with Gasteiger partial charge in [0.1, 0.15) is 0 Å². The fourth-order valence-electron chi connectivity index (χ4n) is 3.54. The van der Waals surface area contributed by atoms with Crippen molar-refractivity contribution >= 4 is 69.2 Å². The Morgan fingerprint density at radius 3 is 2.51 bits per heavy atom. The lowest BCUT2D eigenvalue weighted by Gasteiger charge is -2.15. The molecule has 0 aromatic heterocycles. The minimum absolute atomic E-state index is 0.176. The molecule has 0 atom stereocenters. The van der Waals surface area contributed by atoms with Crippen LogP contribution in [0, 0.1) is 13.8 Å². The lowest BCUT2D eigenvalue weighted by atomic mass is 10.1. The van der Waals surface area contributed by atoms with Crippen molar-refractivity contribution in [1.29, 1.82) is 0 Å². The molecule has 37 heavy (non-hydrogen) atoms. The Labute approximate surface area is 230 Å². The van der Waals surface area contributed by atoms with Gasteiger partial charge in [-0.1, -0.05) is 65.4 Å². The molecule has 4 rings (SSSR count). The number of anilines is 2. The fourth-order valence-corrected chi connectivity index (χ4v) is 5.02. The summed E-state index contributed by atoms with van der Waals surface area (Å²) in [5.74, 6) is 0.399. The van der Waals surface area contributed by atoms with Crippen molar-refractivity contribution in [3.63, 3.8) is 0 Å². The quantitative estimate of drug-likeness (QED) is 0.245. The van der Waals surface area contributed by atoms with E-state index in [0.29, 0.717) is 43.7 Å². The van der Waals surface area contributed by atoms with Crippen LogP contribution in [-0.4, -0.2) is 29.3 Å². The van der Waals surface area contributed by atoms with E-state index in [-0.39, 0.29) is 18.4 Å². The molecule has 0 spiro atoms. The molecule has 2 amide bonds. The summed E-state index contributed by atoms with van der Waals surface area (Å²) in [7, 11) is 0. The van der Waals surface area contributed by atoms with Gasteiger partial charge in [0.05, 0.1) is 17.2 Å². The van der Waals surface area contributed by atoms with E-state index in [1.807, 2.05) is 57.2 Å². The Balaban J connectivity index is 1.48. The number of halogens is 1. The molecule has 1 heterocycles. The minimum atomic E-state index is -0.282. The van der Waals surface area contributed by atoms with Gasteiger partial charge in [0.15, 0.2) is 22.4 Å². The van der Waals surface area contributed by atoms with E-state index in [9.17, 15) is 9.59 Å². The maximum atomic E-state index is 13.1. The highest BCUT2D eigenvalue weighted by molar-refractivity contribution is 8.27. The first-order valence-corrected chi connectivity index (χ1v) is 13.2. The number of carbonyl (C=O) groups excluding carboxylic acids is 2. The Morgan fingerprint density at radius 2 is 1.81 bits per heavy atom. The summed E-state index contributed by atoms with van der Waals surface area (Å²) < 4.78 is 11.9. The molecule has 9 heteroatoms. The summed E-state index contributed by atoms with van der Waals surface area (Å²) in [4.78, 5) is 27.4. The average molecular weight is 553 g/mol. The summed E-state index contributed by atoms with van der Waals surface area (Å²) in [6, 6.07) is 18.2. The zero-order valence-corrected chi connectivity index (χ0v) is 22.9. The molecule has 6 nitrogen and oxygen atoms in total. The molecule has 3 aromatic rings. The second kappa shape index (κ2) is 11.8. The third kappa shape index (κ3) is 6.52. The molecule has 1 fully saturated rings. The SMILES string of the molecule is CCOc1cc(/C=C2\SC(=S)N(c3ccc(C)c(Cl)c3)C2=O)ccc1OCC(=O)Nc1ccc(C)cc1. The second-order valence-electron chi connectivity index (χ2n) is 8.29. The third-order valence-electron chi connectivity index (χ3n) is 5.47. The number of rotatable bonds is 8. The number of nitrogens with one attached hydrogen (secondary N) is 1. The van der Waals surface area contributed by atoms with Crippen LogP contribution < -0.4 is 19.7 Å². The number of ether oxygens (including phenoxy) is 2. The van der Waals surface area contributed by atoms with Gasteiger partial charge >= 0.3 is 0 Å². The monoisotopic (exact) mass is 552 g/mol. The molecule has 0 radical (unpaired) electrons. The van der Waals surface area contributed by atoms with Crippen LogP contribution >= 0.6 is 35.6 Å². The maximum Gasteiger partial charge on any atom is 0.270 e. The second-order valence-corrected chi connectivity index (χ2v) is 10.4. The number of hydrogen-bond donors (Lipinski definition) is 1. The number of benzene rings is 3. The number of nitrogens with zero attached hydrogens (tertiary/aromatic N) is 1. The highest BCUT2D eigenvalue weighted by Gasteiger charge is 2.33. The van der Waals surface area contributed by atoms with Crippen LogP contribution in [0.1, 0.15) is 23.6 Å². The molecule has 0 bridgehead atoms. The average Bonchev–Trinajstić information content (AvgIpc) is 3.14. The first-order valence-electron chi connectivity index (χ1n) is 11.6. The zero-order chi connectivity index (χ0) is 26.5. The number of thiocarbonyl (C=S) groups is 1. The van der Waals surface area contributed by atoms with Crippen molar-refractivity contribution in [1.82, 2.24) is 0 Å². The molecular formula is C28H25ClN2O4S2. The maximum absolute atomic E-state index is 13.1. The molecule has 1 aliphatic rings. The number of hydrogen-bond acceptors (Lipinski definition) is 6. The van der Waals surface area contributed by atoms with E-state index in [4.69, 9.17) is 33.3 Å². The largest absolute Gasteiger partial charge is 0.490 e. The van der Waals surface area contributed by atoms with Gasteiger partial charge in [-0.2, -0.15) is 0 Å². The van der Waals surface area contributed by atoms with Gasteiger partial charge in [0.25, 0.3) is 11.8 Å². The van der Waals surface area contributed by atoms with Gasteiger partial charge < -0.3 is 14.8 Å². The van der Waals surface area contributed by atoms with Crippen molar-refractivity contribution in [2.45, 2.75) is 20.8 Å². The zero-order valence-electron chi connectivity index (χ0n) is 20.5. The van der Waals surface area contributed by atoms with Gasteiger partial charge in [-0.3, -0.25) is 14.5 Å². The van der Waals surface area contributed by atoms with Gasteiger partial charge in [-0.15, -0.1) is 0 Å². The van der Waals surface area contributed by atoms with Crippen molar-refractivity contribution in [3.05, 3.63) is 87.3 Å². The molecule has 0 saturated carbocycles. The molecular weight excluding hydrogens is 528 g/mol. The van der Waals surface area contributed by atoms with E-state index in [0.717, 1.165) is 16.7 Å². The third-order valence-corrected chi connectivity index (χ3v) is 7.18. The predicted molar refractivity (Wildman–Crippen MR) is 155 cm³/mol. The van der Waals surface area contributed by atoms with E-state index in [1.54, 1.807) is 30.3 Å². The van der Waals surface area contributed by atoms with Crippen LogP contribution in [0.5, 0.6) is 11.5 Å². The smallest absolute Gasteiger partial charge is 0.270 e. The van der Waals surface area contributed by atoms with E-state index >= 15 is 0 Å². The molecule has 190 valence electrons. The summed E-state index contributed by atoms with van der Waals surface area (Å²) >= 11 is 12.9. The number of carbonyl (C=O) groups is 2. The van der Waals surface area contributed by atoms with Gasteiger partial charge in [0, 0.05) is 10.7 Å². The van der Waals surface area contributed by atoms with Gasteiger partial charge in [0.2, 0.25) is 0 Å². The number of amides is 2. The molecule has 3 aromatic carbocycles. The summed E-state index contributed by atoms with van der Waals surface area (Å²) in [6.45, 7) is 5.97. The first-order chi connectivity index (χ1) is 17.7. The highest BCUT2D eigenvalue weighted by Crippen LogP contribution is 2.38. The summed E-state index contributed by atoms with van der Waals surface area (Å²) in [6.07, 6.45) is 1.76. The molecule has 1 saturated heterocycles. The van der Waals surface area contributed by atoms with Crippen LogP contribution in [0.3, 0.4) is 0 Å². The highest BCUT2D eigenvalue weighted by atomic mass is 35.5. The van der Waals surface area contributed by atoms with Crippen molar-refractivity contribution < 1.29 is 19.1 Å². The standard InChI is InChI=1S/C28H25ClN2O4S2/c1-4-34-24-13-19(8-12-23(24)35-16-26(32)30-20-9-5-17(2)6-10-20)14-25-27(33)31(28(36)37-25)21-11-7-18(3)22(29)15-21/h5-15H,4,16H2,1-3H3,(H,30,32)/b25-14-. The Morgan fingerprint density at radius 1 is 1.05 bits per heavy atom.